The first-order valence-corrected chi connectivity index (χ1v) is 10.6. The lowest BCUT2D eigenvalue weighted by Gasteiger charge is -2.07. The number of nitrogens with one attached hydrogen (secondary N) is 1. The second kappa shape index (κ2) is 9.37. The van der Waals surface area contributed by atoms with Crippen molar-refractivity contribution in [2.24, 2.45) is 0 Å². The minimum absolute atomic E-state index is 0.00813. The van der Waals surface area contributed by atoms with Gasteiger partial charge in [-0.15, -0.1) is 11.3 Å². The third-order valence-electron chi connectivity index (χ3n) is 4.77. The molecule has 5 heteroatoms. The van der Waals surface area contributed by atoms with E-state index in [4.69, 9.17) is 9.72 Å². The maximum Gasteiger partial charge on any atom is 0.224 e. The number of hydrogen-bond donors (Lipinski definition) is 1. The summed E-state index contributed by atoms with van der Waals surface area (Å²) in [6.45, 7) is 0. The standard InChI is InChI=1S/C25H22N2O2S/c1-29-22-13-10-18(11-14-22)12-15-24(28)26-21-9-5-8-20(16-21)23-17-30-25(27-23)19-6-3-2-4-7-19/h2-11,13-14,16-17H,12,15H2,1H3,(H,26,28). The van der Waals surface area contributed by atoms with Crippen LogP contribution in [0.15, 0.2) is 84.2 Å². The fraction of sp³-hybridized carbons (Fsp3) is 0.120. The molecule has 0 fully saturated rings. The van der Waals surface area contributed by atoms with Gasteiger partial charge in [0.1, 0.15) is 10.8 Å². The van der Waals surface area contributed by atoms with E-state index >= 15 is 0 Å². The van der Waals surface area contributed by atoms with Crippen LogP contribution in [0.2, 0.25) is 0 Å². The summed E-state index contributed by atoms with van der Waals surface area (Å²) in [4.78, 5) is 17.2. The first-order chi connectivity index (χ1) is 14.7. The van der Waals surface area contributed by atoms with Crippen LogP contribution in [0.25, 0.3) is 21.8 Å². The number of benzene rings is 3. The summed E-state index contributed by atoms with van der Waals surface area (Å²) in [6, 6.07) is 25.8. The largest absolute Gasteiger partial charge is 0.497 e. The smallest absolute Gasteiger partial charge is 0.224 e. The Kier molecular flexibility index (Phi) is 6.20. The van der Waals surface area contributed by atoms with Gasteiger partial charge in [-0.25, -0.2) is 4.98 Å². The Morgan fingerprint density at radius 1 is 0.967 bits per heavy atom. The number of nitrogens with zero attached hydrogens (tertiary/aromatic N) is 1. The van der Waals surface area contributed by atoms with Crippen LogP contribution in [0.5, 0.6) is 5.75 Å². The Hall–Kier alpha value is -3.44. The molecule has 0 aliphatic heterocycles. The quantitative estimate of drug-likeness (QED) is 0.400. The molecule has 0 radical (unpaired) electrons. The number of rotatable bonds is 7. The molecule has 3 aromatic carbocycles. The first-order valence-electron chi connectivity index (χ1n) is 9.75. The topological polar surface area (TPSA) is 51.2 Å². The van der Waals surface area contributed by atoms with Crippen molar-refractivity contribution in [2.45, 2.75) is 12.8 Å². The van der Waals surface area contributed by atoms with Crippen molar-refractivity contribution in [2.75, 3.05) is 12.4 Å². The zero-order valence-electron chi connectivity index (χ0n) is 16.7. The van der Waals surface area contributed by atoms with Crippen LogP contribution in [0, 0.1) is 0 Å². The summed E-state index contributed by atoms with van der Waals surface area (Å²) >= 11 is 1.62. The van der Waals surface area contributed by atoms with Crippen LogP contribution in [0.1, 0.15) is 12.0 Å². The van der Waals surface area contributed by atoms with Gasteiger partial charge >= 0.3 is 0 Å². The Bertz CT molecular complexity index is 1120. The van der Waals surface area contributed by atoms with E-state index in [2.05, 4.69) is 17.4 Å². The van der Waals surface area contributed by atoms with E-state index in [1.807, 2.05) is 72.1 Å². The molecule has 0 saturated carbocycles. The number of ether oxygens (including phenoxy) is 1. The maximum absolute atomic E-state index is 12.4. The number of anilines is 1. The van der Waals surface area contributed by atoms with Gasteiger partial charge in [0.2, 0.25) is 5.91 Å². The highest BCUT2D eigenvalue weighted by atomic mass is 32.1. The summed E-state index contributed by atoms with van der Waals surface area (Å²) in [5, 5.41) is 6.03. The number of hydrogen-bond acceptors (Lipinski definition) is 4. The average molecular weight is 415 g/mol. The zero-order chi connectivity index (χ0) is 20.8. The Morgan fingerprint density at radius 3 is 2.50 bits per heavy atom. The Balaban J connectivity index is 1.39. The Morgan fingerprint density at radius 2 is 1.73 bits per heavy atom. The van der Waals surface area contributed by atoms with Gasteiger partial charge in [-0.3, -0.25) is 4.79 Å². The fourth-order valence-corrected chi connectivity index (χ4v) is 3.98. The summed E-state index contributed by atoms with van der Waals surface area (Å²) < 4.78 is 5.16. The molecule has 0 saturated heterocycles. The predicted octanol–water partition coefficient (Wildman–Crippen LogP) is 6.06. The number of aromatic nitrogens is 1. The molecule has 1 aromatic heterocycles. The molecule has 0 bridgehead atoms. The van der Waals surface area contributed by atoms with E-state index in [-0.39, 0.29) is 5.91 Å². The molecule has 4 aromatic rings. The second-order valence-corrected chi connectivity index (χ2v) is 7.74. The molecule has 1 heterocycles. The van der Waals surface area contributed by atoms with Crippen molar-refractivity contribution in [3.05, 3.63) is 89.8 Å². The van der Waals surface area contributed by atoms with Gasteiger partial charge in [-0.2, -0.15) is 0 Å². The molecule has 4 nitrogen and oxygen atoms in total. The van der Waals surface area contributed by atoms with E-state index in [0.717, 1.165) is 38.8 Å². The summed E-state index contributed by atoms with van der Waals surface area (Å²) in [7, 11) is 1.64. The number of amides is 1. The third-order valence-corrected chi connectivity index (χ3v) is 5.66. The van der Waals surface area contributed by atoms with Crippen molar-refractivity contribution in [3.8, 4) is 27.6 Å². The SMILES string of the molecule is COc1ccc(CCC(=O)Nc2cccc(-c3csc(-c4ccccc4)n3)c2)cc1. The van der Waals surface area contributed by atoms with Crippen LogP contribution in [0.4, 0.5) is 5.69 Å². The monoisotopic (exact) mass is 414 g/mol. The average Bonchev–Trinajstić information content (AvgIpc) is 3.29. The minimum Gasteiger partial charge on any atom is -0.497 e. The molecule has 0 aliphatic carbocycles. The molecule has 1 amide bonds. The number of carbonyl (C=O) groups excluding carboxylic acids is 1. The number of aryl methyl sites for hydroxylation is 1. The molecule has 30 heavy (non-hydrogen) atoms. The van der Waals surface area contributed by atoms with E-state index in [9.17, 15) is 4.79 Å². The van der Waals surface area contributed by atoms with Gasteiger partial charge in [-0.1, -0.05) is 54.6 Å². The lowest BCUT2D eigenvalue weighted by Crippen LogP contribution is -2.12. The van der Waals surface area contributed by atoms with Crippen molar-refractivity contribution >= 4 is 22.9 Å². The lowest BCUT2D eigenvalue weighted by atomic mass is 10.1. The summed E-state index contributed by atoms with van der Waals surface area (Å²) in [5.41, 5.74) is 4.89. The van der Waals surface area contributed by atoms with E-state index in [1.165, 1.54) is 0 Å². The van der Waals surface area contributed by atoms with E-state index < -0.39 is 0 Å². The molecule has 1 N–H and O–H groups in total. The number of thiazole rings is 1. The van der Waals surface area contributed by atoms with Crippen LogP contribution in [-0.4, -0.2) is 18.0 Å². The molecule has 0 atom stereocenters. The van der Waals surface area contributed by atoms with E-state index in [1.54, 1.807) is 18.4 Å². The maximum atomic E-state index is 12.4. The number of carbonyl (C=O) groups is 1. The molecule has 0 spiro atoms. The third kappa shape index (κ3) is 4.93. The molecule has 0 unspecified atom stereocenters. The highest BCUT2D eigenvalue weighted by Gasteiger charge is 2.09. The van der Waals surface area contributed by atoms with Gasteiger partial charge in [0.05, 0.1) is 12.8 Å². The minimum atomic E-state index is -0.00813. The van der Waals surface area contributed by atoms with Crippen LogP contribution < -0.4 is 10.1 Å². The molecule has 0 aliphatic rings. The highest BCUT2D eigenvalue weighted by molar-refractivity contribution is 7.13. The van der Waals surface area contributed by atoms with Gasteiger partial charge < -0.3 is 10.1 Å². The normalized spacial score (nSPS) is 10.6. The summed E-state index contributed by atoms with van der Waals surface area (Å²) in [6.07, 6.45) is 1.10. The molecule has 4 rings (SSSR count). The van der Waals surface area contributed by atoms with Gasteiger partial charge in [-0.05, 0) is 36.2 Å². The van der Waals surface area contributed by atoms with Crippen LogP contribution in [0.3, 0.4) is 0 Å². The number of methoxy groups -OCH3 is 1. The molecular formula is C25H22N2O2S. The van der Waals surface area contributed by atoms with Gasteiger partial charge in [0.25, 0.3) is 0 Å². The fourth-order valence-electron chi connectivity index (χ4n) is 3.15. The Labute approximate surface area is 180 Å². The summed E-state index contributed by atoms with van der Waals surface area (Å²) in [5.74, 6) is 0.809. The van der Waals surface area contributed by atoms with Crippen molar-refractivity contribution < 1.29 is 9.53 Å². The first kappa shape index (κ1) is 19.9. The second-order valence-electron chi connectivity index (χ2n) is 6.88. The molecular weight excluding hydrogens is 392 g/mol. The highest BCUT2D eigenvalue weighted by Crippen LogP contribution is 2.29. The van der Waals surface area contributed by atoms with E-state index in [0.29, 0.717) is 12.8 Å². The van der Waals surface area contributed by atoms with Crippen molar-refractivity contribution in [1.82, 2.24) is 4.98 Å². The van der Waals surface area contributed by atoms with Crippen LogP contribution in [-0.2, 0) is 11.2 Å². The predicted molar refractivity (Wildman–Crippen MR) is 123 cm³/mol. The van der Waals surface area contributed by atoms with Crippen molar-refractivity contribution in [3.63, 3.8) is 0 Å². The van der Waals surface area contributed by atoms with Gasteiger partial charge in [0, 0.05) is 28.6 Å². The zero-order valence-corrected chi connectivity index (χ0v) is 17.5. The lowest BCUT2D eigenvalue weighted by molar-refractivity contribution is -0.116. The molecule has 150 valence electrons. The van der Waals surface area contributed by atoms with Gasteiger partial charge in [0.15, 0.2) is 0 Å². The van der Waals surface area contributed by atoms with Crippen LogP contribution >= 0.6 is 11.3 Å². The van der Waals surface area contributed by atoms with Crippen molar-refractivity contribution in [1.29, 1.82) is 0 Å².